The molecule has 10 heteroatoms. The molecule has 22 heavy (non-hydrogen) atoms. The highest BCUT2D eigenvalue weighted by atomic mass is 16.6. The molecule has 3 heterocycles. The molecule has 0 aromatic carbocycles. The number of nitrogens with one attached hydrogen (secondary N) is 1. The predicted molar refractivity (Wildman–Crippen MR) is 74.9 cm³/mol. The zero-order valence-corrected chi connectivity index (χ0v) is 11.8. The molecular formula is C12H17N5O5. The van der Waals surface area contributed by atoms with Crippen LogP contribution in [-0.2, 0) is 11.2 Å². The van der Waals surface area contributed by atoms with Gasteiger partial charge in [-0.3, -0.25) is 14.3 Å². The molecule has 0 amide bonds. The molecule has 6 N–H and O–H groups in total. The molecule has 0 unspecified atom stereocenters. The minimum atomic E-state index is -1.29. The van der Waals surface area contributed by atoms with Gasteiger partial charge in [0, 0.05) is 6.42 Å². The molecule has 1 fully saturated rings. The van der Waals surface area contributed by atoms with Crippen LogP contribution in [0, 0.1) is 0 Å². The number of hydrogen-bond acceptors (Lipinski definition) is 8. The van der Waals surface area contributed by atoms with Crippen LogP contribution in [0.3, 0.4) is 0 Å². The lowest BCUT2D eigenvalue weighted by Gasteiger charge is -2.19. The smallest absolute Gasteiger partial charge is 0.280 e. The number of rotatable bonds is 3. The first kappa shape index (κ1) is 14.9. The van der Waals surface area contributed by atoms with Crippen molar-refractivity contribution in [2.75, 3.05) is 12.3 Å². The van der Waals surface area contributed by atoms with Gasteiger partial charge in [0.05, 0.1) is 6.61 Å². The number of hydrogen-bond donors (Lipinski definition) is 5. The molecule has 120 valence electrons. The summed E-state index contributed by atoms with van der Waals surface area (Å²) in [4.78, 5) is 22.5. The van der Waals surface area contributed by atoms with Crippen LogP contribution in [0.4, 0.5) is 5.95 Å². The van der Waals surface area contributed by atoms with Gasteiger partial charge in [0.1, 0.15) is 24.1 Å². The van der Waals surface area contributed by atoms with Crippen LogP contribution >= 0.6 is 0 Å². The quantitative estimate of drug-likeness (QED) is 0.430. The van der Waals surface area contributed by atoms with E-state index >= 15 is 0 Å². The molecule has 1 aliphatic heterocycles. The lowest BCUT2D eigenvalue weighted by Crippen LogP contribution is -2.33. The number of aliphatic hydroxyl groups excluding tert-OH is 3. The van der Waals surface area contributed by atoms with Crippen molar-refractivity contribution >= 4 is 17.1 Å². The monoisotopic (exact) mass is 311 g/mol. The van der Waals surface area contributed by atoms with E-state index in [1.54, 1.807) is 0 Å². The summed E-state index contributed by atoms with van der Waals surface area (Å²) in [7, 11) is 0. The highest BCUT2D eigenvalue weighted by molar-refractivity contribution is 5.71. The van der Waals surface area contributed by atoms with E-state index in [1.807, 2.05) is 6.92 Å². The van der Waals surface area contributed by atoms with Gasteiger partial charge >= 0.3 is 0 Å². The molecule has 1 aliphatic rings. The minimum absolute atomic E-state index is 0.0730. The number of aliphatic hydroxyl groups is 3. The first-order valence-electron chi connectivity index (χ1n) is 6.87. The molecule has 0 spiro atoms. The molecule has 1 saturated heterocycles. The third-order valence-electron chi connectivity index (χ3n) is 3.73. The third-order valence-corrected chi connectivity index (χ3v) is 3.73. The van der Waals surface area contributed by atoms with Gasteiger partial charge in [0.15, 0.2) is 17.4 Å². The Bertz CT molecular complexity index is 756. The number of anilines is 1. The second kappa shape index (κ2) is 5.32. The number of aryl methyl sites for hydroxylation is 1. The van der Waals surface area contributed by atoms with Crippen LogP contribution in [0.25, 0.3) is 11.2 Å². The molecular weight excluding hydrogens is 294 g/mol. The summed E-state index contributed by atoms with van der Waals surface area (Å²) in [6, 6.07) is 0. The molecule has 2 aromatic rings. The Kier molecular flexibility index (Phi) is 3.60. The summed E-state index contributed by atoms with van der Waals surface area (Å²) >= 11 is 0. The molecule has 2 aromatic heterocycles. The summed E-state index contributed by atoms with van der Waals surface area (Å²) in [6.07, 6.45) is -4.04. The Balaban J connectivity index is 2.20. The Labute approximate surface area is 124 Å². The normalized spacial score (nSPS) is 28.5. The SMILES string of the molecule is CCc1nc2c(=O)[nH]c(N)nc2n1[C@@H]1O[C@H](CO)[C@@H](O)[C@H]1O. The lowest BCUT2D eigenvalue weighted by atomic mass is 10.1. The van der Waals surface area contributed by atoms with E-state index in [-0.39, 0.29) is 17.1 Å². The zero-order chi connectivity index (χ0) is 16.0. The highest BCUT2D eigenvalue weighted by Gasteiger charge is 2.44. The maximum absolute atomic E-state index is 11.9. The number of nitrogens with zero attached hydrogens (tertiary/aromatic N) is 3. The van der Waals surface area contributed by atoms with Gasteiger partial charge in [-0.2, -0.15) is 4.98 Å². The van der Waals surface area contributed by atoms with Gasteiger partial charge in [-0.15, -0.1) is 0 Å². The fourth-order valence-corrected chi connectivity index (χ4v) is 2.66. The van der Waals surface area contributed by atoms with Gasteiger partial charge in [-0.05, 0) is 0 Å². The first-order chi connectivity index (χ1) is 10.5. The van der Waals surface area contributed by atoms with Gasteiger partial charge in [0.2, 0.25) is 5.95 Å². The van der Waals surface area contributed by atoms with Crippen LogP contribution in [0.2, 0.25) is 0 Å². The van der Waals surface area contributed by atoms with E-state index in [9.17, 15) is 20.1 Å². The van der Waals surface area contributed by atoms with Gasteiger partial charge < -0.3 is 25.8 Å². The second-order valence-electron chi connectivity index (χ2n) is 5.10. The lowest BCUT2D eigenvalue weighted by molar-refractivity contribution is -0.0522. The Morgan fingerprint density at radius 2 is 2.09 bits per heavy atom. The van der Waals surface area contributed by atoms with Crippen molar-refractivity contribution in [1.82, 2.24) is 19.5 Å². The third kappa shape index (κ3) is 2.08. The topological polar surface area (TPSA) is 160 Å². The summed E-state index contributed by atoms with van der Waals surface area (Å²) < 4.78 is 6.92. The summed E-state index contributed by atoms with van der Waals surface area (Å²) in [5, 5.41) is 29.2. The van der Waals surface area contributed by atoms with Crippen molar-refractivity contribution in [1.29, 1.82) is 0 Å². The largest absolute Gasteiger partial charge is 0.394 e. The van der Waals surface area contributed by atoms with Gasteiger partial charge in [-0.25, -0.2) is 4.98 Å². The van der Waals surface area contributed by atoms with Crippen molar-refractivity contribution in [2.24, 2.45) is 0 Å². The molecule has 0 aliphatic carbocycles. The molecule has 10 nitrogen and oxygen atoms in total. The number of nitrogen functional groups attached to an aromatic ring is 1. The minimum Gasteiger partial charge on any atom is -0.394 e. The Hall–Kier alpha value is -2.01. The fraction of sp³-hybridized carbons (Fsp3) is 0.583. The van der Waals surface area contributed by atoms with Gasteiger partial charge in [0.25, 0.3) is 5.56 Å². The van der Waals surface area contributed by atoms with E-state index in [1.165, 1.54) is 4.57 Å². The number of aromatic nitrogens is 4. The van der Waals surface area contributed by atoms with E-state index in [0.29, 0.717) is 12.2 Å². The zero-order valence-electron chi connectivity index (χ0n) is 11.8. The average molecular weight is 311 g/mol. The predicted octanol–water partition coefficient (Wildman–Crippen LogP) is -2.12. The number of ether oxygens (including phenoxy) is 1. The van der Waals surface area contributed by atoms with Gasteiger partial charge in [-0.1, -0.05) is 6.92 Å². The second-order valence-corrected chi connectivity index (χ2v) is 5.10. The van der Waals surface area contributed by atoms with Crippen molar-refractivity contribution in [2.45, 2.75) is 37.9 Å². The number of nitrogens with two attached hydrogens (primary N) is 1. The molecule has 3 rings (SSSR count). The average Bonchev–Trinajstić information content (AvgIpc) is 2.98. The molecule has 0 saturated carbocycles. The maximum atomic E-state index is 11.9. The van der Waals surface area contributed by atoms with Crippen LogP contribution < -0.4 is 11.3 Å². The van der Waals surface area contributed by atoms with Crippen LogP contribution in [-0.4, -0.2) is 59.8 Å². The highest BCUT2D eigenvalue weighted by Crippen LogP contribution is 2.32. The van der Waals surface area contributed by atoms with Crippen LogP contribution in [0.15, 0.2) is 4.79 Å². The Morgan fingerprint density at radius 3 is 2.68 bits per heavy atom. The van der Waals surface area contributed by atoms with Crippen molar-refractivity contribution in [3.05, 3.63) is 16.2 Å². The number of imidazole rings is 1. The van der Waals surface area contributed by atoms with E-state index in [2.05, 4.69) is 15.0 Å². The molecule has 0 bridgehead atoms. The van der Waals surface area contributed by atoms with Crippen molar-refractivity contribution in [3.8, 4) is 0 Å². The maximum Gasteiger partial charge on any atom is 0.280 e. The van der Waals surface area contributed by atoms with Crippen molar-refractivity contribution < 1.29 is 20.1 Å². The van der Waals surface area contributed by atoms with E-state index in [0.717, 1.165) is 0 Å². The molecule has 4 atom stereocenters. The standard InChI is InChI=1S/C12H17N5O5/c1-2-5-14-6-9(15-12(13)16-10(6)21)17(5)11-8(20)7(19)4(3-18)22-11/h4,7-8,11,18-20H,2-3H2,1H3,(H3,13,15,16,21)/t4-,7-,8-,11-/m1/s1. The van der Waals surface area contributed by atoms with Crippen molar-refractivity contribution in [3.63, 3.8) is 0 Å². The summed E-state index contributed by atoms with van der Waals surface area (Å²) in [5.41, 5.74) is 5.29. The summed E-state index contributed by atoms with van der Waals surface area (Å²) in [6.45, 7) is 1.37. The number of aromatic amines is 1. The number of H-pyrrole nitrogens is 1. The first-order valence-corrected chi connectivity index (χ1v) is 6.87. The van der Waals surface area contributed by atoms with Crippen LogP contribution in [0.5, 0.6) is 0 Å². The Morgan fingerprint density at radius 1 is 1.36 bits per heavy atom. The number of fused-ring (bicyclic) bond motifs is 1. The molecule has 0 radical (unpaired) electrons. The van der Waals surface area contributed by atoms with E-state index in [4.69, 9.17) is 10.5 Å². The van der Waals surface area contributed by atoms with Crippen LogP contribution in [0.1, 0.15) is 19.0 Å². The fourth-order valence-electron chi connectivity index (χ4n) is 2.66. The van der Waals surface area contributed by atoms with E-state index < -0.39 is 36.7 Å². The summed E-state index contributed by atoms with van der Waals surface area (Å²) in [5.74, 6) is 0.362.